The number of carbonyl (C=O) groups is 1. The van der Waals surface area contributed by atoms with Crippen LogP contribution >= 0.6 is 0 Å². The standard InChI is InChI=1S/C18H32N2O2/c1-13-6-17(7-13)20(10-14-4-2-3-5-14)11-15(9-18(21)22)8-16(19)12-20/h13-17H,2-12,19H2,1H3/p+1. The van der Waals surface area contributed by atoms with Gasteiger partial charge < -0.3 is 15.3 Å². The number of aliphatic carboxylic acids is 1. The highest BCUT2D eigenvalue weighted by atomic mass is 16.4. The van der Waals surface area contributed by atoms with Gasteiger partial charge in [-0.25, -0.2) is 0 Å². The average Bonchev–Trinajstić information content (AvgIpc) is 2.86. The van der Waals surface area contributed by atoms with Crippen molar-refractivity contribution in [1.29, 1.82) is 0 Å². The van der Waals surface area contributed by atoms with Gasteiger partial charge in [0.1, 0.15) is 0 Å². The Morgan fingerprint density at radius 1 is 1.14 bits per heavy atom. The third-order valence-corrected chi connectivity index (χ3v) is 6.54. The number of carboxylic acid groups (broad SMARTS) is 1. The highest BCUT2D eigenvalue weighted by Gasteiger charge is 2.49. The molecule has 3 atom stereocenters. The lowest BCUT2D eigenvalue weighted by Gasteiger charge is -2.56. The van der Waals surface area contributed by atoms with E-state index >= 15 is 0 Å². The Bertz CT molecular complexity index is 402. The molecule has 22 heavy (non-hydrogen) atoms. The molecule has 4 nitrogen and oxygen atoms in total. The molecule has 2 saturated carbocycles. The second-order valence-corrected chi connectivity index (χ2v) is 8.61. The SMILES string of the molecule is CC1CC([N+]2(CC3CCCC3)CC(N)CC(CC(=O)O)C2)C1. The molecule has 2 aliphatic carbocycles. The first-order valence-corrected chi connectivity index (χ1v) is 9.30. The highest BCUT2D eigenvalue weighted by molar-refractivity contribution is 5.67. The lowest BCUT2D eigenvalue weighted by Crippen LogP contribution is -2.68. The van der Waals surface area contributed by atoms with Crippen LogP contribution in [0.4, 0.5) is 0 Å². The normalized spacial score (nSPS) is 43.0. The van der Waals surface area contributed by atoms with Crippen molar-refractivity contribution in [3.63, 3.8) is 0 Å². The molecule has 3 N–H and O–H groups in total. The van der Waals surface area contributed by atoms with E-state index in [-0.39, 0.29) is 12.0 Å². The van der Waals surface area contributed by atoms with Crippen molar-refractivity contribution >= 4 is 5.97 Å². The second kappa shape index (κ2) is 6.48. The summed E-state index contributed by atoms with van der Waals surface area (Å²) in [6.07, 6.45) is 9.37. The molecule has 0 radical (unpaired) electrons. The third kappa shape index (κ3) is 3.48. The van der Waals surface area contributed by atoms with E-state index in [9.17, 15) is 9.90 Å². The van der Waals surface area contributed by atoms with Crippen LogP contribution < -0.4 is 5.73 Å². The van der Waals surface area contributed by atoms with Crippen LogP contribution in [0.5, 0.6) is 0 Å². The van der Waals surface area contributed by atoms with Gasteiger partial charge >= 0.3 is 5.97 Å². The van der Waals surface area contributed by atoms with E-state index in [1.807, 2.05) is 0 Å². The van der Waals surface area contributed by atoms with E-state index < -0.39 is 5.97 Å². The fourth-order valence-corrected chi connectivity index (χ4v) is 5.64. The second-order valence-electron chi connectivity index (χ2n) is 8.61. The Hall–Kier alpha value is -0.610. The number of nitrogens with two attached hydrogens (primary N) is 1. The number of rotatable bonds is 5. The third-order valence-electron chi connectivity index (χ3n) is 6.54. The molecule has 0 bridgehead atoms. The van der Waals surface area contributed by atoms with Crippen LogP contribution in [0.25, 0.3) is 0 Å². The van der Waals surface area contributed by atoms with Crippen LogP contribution in [-0.2, 0) is 4.79 Å². The molecule has 1 heterocycles. The number of piperidine rings is 1. The van der Waals surface area contributed by atoms with Gasteiger partial charge in [-0.2, -0.15) is 0 Å². The Balaban J connectivity index is 1.75. The molecular formula is C18H33N2O2+. The van der Waals surface area contributed by atoms with Crippen LogP contribution in [0, 0.1) is 17.8 Å². The van der Waals surface area contributed by atoms with Crippen molar-refractivity contribution in [2.45, 2.75) is 70.4 Å². The quantitative estimate of drug-likeness (QED) is 0.767. The van der Waals surface area contributed by atoms with E-state index in [0.29, 0.717) is 6.42 Å². The maximum atomic E-state index is 11.2. The van der Waals surface area contributed by atoms with Crippen molar-refractivity contribution in [3.8, 4) is 0 Å². The van der Waals surface area contributed by atoms with Gasteiger partial charge in [0, 0.05) is 24.7 Å². The summed E-state index contributed by atoms with van der Waals surface area (Å²) in [4.78, 5) is 11.2. The van der Waals surface area contributed by atoms with Gasteiger partial charge in [0.05, 0.1) is 38.1 Å². The van der Waals surface area contributed by atoms with Gasteiger partial charge in [0.25, 0.3) is 0 Å². The molecule has 3 rings (SSSR count). The van der Waals surface area contributed by atoms with Crippen LogP contribution in [0.15, 0.2) is 0 Å². The predicted molar refractivity (Wildman–Crippen MR) is 87.3 cm³/mol. The molecule has 0 aromatic heterocycles. The van der Waals surface area contributed by atoms with Crippen molar-refractivity contribution in [3.05, 3.63) is 0 Å². The minimum absolute atomic E-state index is 0.190. The predicted octanol–water partition coefficient (Wildman–Crippen LogP) is 2.61. The maximum Gasteiger partial charge on any atom is 0.303 e. The zero-order valence-electron chi connectivity index (χ0n) is 14.0. The first-order chi connectivity index (χ1) is 10.5. The van der Waals surface area contributed by atoms with E-state index in [2.05, 4.69) is 6.92 Å². The van der Waals surface area contributed by atoms with Crippen molar-refractivity contribution in [2.75, 3.05) is 19.6 Å². The molecule has 4 heteroatoms. The van der Waals surface area contributed by atoms with E-state index in [0.717, 1.165) is 41.9 Å². The fraction of sp³-hybridized carbons (Fsp3) is 0.944. The molecular weight excluding hydrogens is 276 g/mol. The van der Waals surface area contributed by atoms with Gasteiger partial charge in [-0.15, -0.1) is 0 Å². The number of hydrogen-bond donors (Lipinski definition) is 2. The van der Waals surface area contributed by atoms with E-state index in [1.165, 1.54) is 45.1 Å². The zero-order chi connectivity index (χ0) is 15.7. The Morgan fingerprint density at radius 2 is 1.82 bits per heavy atom. The fourth-order valence-electron chi connectivity index (χ4n) is 5.64. The smallest absolute Gasteiger partial charge is 0.303 e. The summed E-state index contributed by atoms with van der Waals surface area (Å²) in [5, 5.41) is 9.21. The van der Waals surface area contributed by atoms with Crippen LogP contribution in [-0.4, -0.2) is 47.3 Å². The Labute approximate surface area is 134 Å². The summed E-state index contributed by atoms with van der Waals surface area (Å²) in [6.45, 7) is 5.76. The van der Waals surface area contributed by atoms with Crippen LogP contribution in [0.3, 0.4) is 0 Å². The monoisotopic (exact) mass is 309 g/mol. The molecule has 0 aromatic rings. The van der Waals surface area contributed by atoms with E-state index in [1.54, 1.807) is 0 Å². The zero-order valence-corrected chi connectivity index (χ0v) is 14.0. The molecule has 3 aliphatic rings. The summed E-state index contributed by atoms with van der Waals surface area (Å²) < 4.78 is 1.15. The first kappa shape index (κ1) is 16.3. The molecule has 0 amide bonds. The minimum atomic E-state index is -0.653. The van der Waals surface area contributed by atoms with Gasteiger partial charge in [-0.3, -0.25) is 4.79 Å². The number of carboxylic acids is 1. The van der Waals surface area contributed by atoms with Crippen LogP contribution in [0.1, 0.15) is 58.3 Å². The lowest BCUT2D eigenvalue weighted by atomic mass is 9.76. The van der Waals surface area contributed by atoms with Gasteiger partial charge in [0.15, 0.2) is 0 Å². The molecule has 3 unspecified atom stereocenters. The summed E-state index contributed by atoms with van der Waals surface area (Å²) in [5.74, 6) is 1.32. The number of quaternary nitrogens is 1. The number of likely N-dealkylation sites (tertiary alicyclic amines) is 1. The van der Waals surface area contributed by atoms with Crippen molar-refractivity contribution < 1.29 is 14.4 Å². The van der Waals surface area contributed by atoms with Crippen molar-refractivity contribution in [1.82, 2.24) is 0 Å². The van der Waals surface area contributed by atoms with Gasteiger partial charge in [-0.1, -0.05) is 19.8 Å². The Kier molecular flexibility index (Phi) is 4.79. The summed E-state index contributed by atoms with van der Waals surface area (Å²) >= 11 is 0. The number of nitrogens with zero attached hydrogens (tertiary/aromatic N) is 1. The summed E-state index contributed by atoms with van der Waals surface area (Å²) in [7, 11) is 0. The van der Waals surface area contributed by atoms with E-state index in [4.69, 9.17) is 5.73 Å². The Morgan fingerprint density at radius 3 is 2.41 bits per heavy atom. The molecule has 126 valence electrons. The van der Waals surface area contributed by atoms with Crippen molar-refractivity contribution in [2.24, 2.45) is 23.5 Å². The first-order valence-electron chi connectivity index (χ1n) is 9.30. The van der Waals surface area contributed by atoms with Gasteiger partial charge in [-0.05, 0) is 25.2 Å². The largest absolute Gasteiger partial charge is 0.481 e. The van der Waals surface area contributed by atoms with Gasteiger partial charge in [0.2, 0.25) is 0 Å². The molecule has 3 fully saturated rings. The average molecular weight is 309 g/mol. The lowest BCUT2D eigenvalue weighted by molar-refractivity contribution is -0.968. The van der Waals surface area contributed by atoms with Crippen LogP contribution in [0.2, 0.25) is 0 Å². The molecule has 1 aliphatic heterocycles. The highest BCUT2D eigenvalue weighted by Crippen LogP contribution is 2.42. The summed E-state index contributed by atoms with van der Waals surface area (Å²) in [6, 6.07) is 0.939. The summed E-state index contributed by atoms with van der Waals surface area (Å²) in [5.41, 5.74) is 6.39. The minimum Gasteiger partial charge on any atom is -0.481 e. The maximum absolute atomic E-state index is 11.2. The molecule has 0 spiro atoms. The molecule has 0 aromatic carbocycles. The number of hydrogen-bond acceptors (Lipinski definition) is 2. The topological polar surface area (TPSA) is 63.3 Å². The molecule has 1 saturated heterocycles.